The molecule has 7 aromatic carbocycles. The second-order valence-electron chi connectivity index (χ2n) is 16.9. The van der Waals surface area contributed by atoms with Crippen LogP contribution in [0.5, 0.6) is 0 Å². The SMILES string of the molecule is CC1(C)c2ccccc2-c2ccc(N(c3ccc(-c4ccc5c(c4)oc4ccccc45)cc3)c3cccc4c3-c3ccccc3C43CC4CCC3C4)cc21. The minimum atomic E-state index is -0.0921. The Morgan fingerprint density at radius 2 is 1.24 bits per heavy atom. The summed E-state index contributed by atoms with van der Waals surface area (Å²) in [5, 5.41) is 2.32. The zero-order valence-electron chi connectivity index (χ0n) is 30.8. The molecule has 0 radical (unpaired) electrons. The highest BCUT2D eigenvalue weighted by atomic mass is 16.3. The molecular formula is C52H41NO. The topological polar surface area (TPSA) is 16.4 Å². The fourth-order valence-electron chi connectivity index (χ4n) is 11.6. The van der Waals surface area contributed by atoms with Gasteiger partial charge < -0.3 is 9.32 Å². The van der Waals surface area contributed by atoms with E-state index in [4.69, 9.17) is 4.42 Å². The average Bonchev–Trinajstić information content (AvgIpc) is 4.03. The number of para-hydroxylation sites is 1. The number of hydrogen-bond donors (Lipinski definition) is 0. The summed E-state index contributed by atoms with van der Waals surface area (Å²) in [4.78, 5) is 2.55. The first kappa shape index (κ1) is 30.6. The summed E-state index contributed by atoms with van der Waals surface area (Å²) in [5.74, 6) is 1.55. The van der Waals surface area contributed by atoms with E-state index in [1.54, 1.807) is 11.1 Å². The summed E-state index contributed by atoms with van der Waals surface area (Å²) < 4.78 is 6.29. The van der Waals surface area contributed by atoms with Crippen molar-refractivity contribution in [1.82, 2.24) is 0 Å². The lowest BCUT2D eigenvalue weighted by atomic mass is 9.67. The van der Waals surface area contributed by atoms with Crippen LogP contribution in [0.1, 0.15) is 61.8 Å². The molecule has 0 aliphatic heterocycles. The largest absolute Gasteiger partial charge is 0.456 e. The zero-order valence-corrected chi connectivity index (χ0v) is 30.8. The van der Waals surface area contributed by atoms with Crippen molar-refractivity contribution in [1.29, 1.82) is 0 Å². The minimum absolute atomic E-state index is 0.0921. The summed E-state index contributed by atoms with van der Waals surface area (Å²) >= 11 is 0. The van der Waals surface area contributed by atoms with E-state index in [2.05, 4.69) is 164 Å². The molecular weight excluding hydrogens is 655 g/mol. The Kier molecular flexibility index (Phi) is 6.15. The zero-order chi connectivity index (χ0) is 35.8. The van der Waals surface area contributed by atoms with Crippen molar-refractivity contribution in [3.05, 3.63) is 174 Å². The van der Waals surface area contributed by atoms with Crippen LogP contribution in [0.4, 0.5) is 17.1 Å². The molecule has 1 spiro atoms. The Morgan fingerprint density at radius 3 is 2.07 bits per heavy atom. The Hall–Kier alpha value is -5.86. The van der Waals surface area contributed by atoms with E-state index in [0.29, 0.717) is 0 Å². The van der Waals surface area contributed by atoms with Crippen molar-refractivity contribution < 1.29 is 4.42 Å². The van der Waals surface area contributed by atoms with Crippen LogP contribution in [0.3, 0.4) is 0 Å². The molecule has 2 fully saturated rings. The van der Waals surface area contributed by atoms with Crippen molar-refractivity contribution >= 4 is 39.0 Å². The van der Waals surface area contributed by atoms with Crippen LogP contribution in [0.25, 0.3) is 55.3 Å². The summed E-state index contributed by atoms with van der Waals surface area (Å²) in [6, 6.07) is 56.9. The monoisotopic (exact) mass is 695 g/mol. The molecule has 260 valence electrons. The maximum absolute atomic E-state index is 6.29. The van der Waals surface area contributed by atoms with E-state index < -0.39 is 0 Å². The maximum atomic E-state index is 6.29. The summed E-state index contributed by atoms with van der Waals surface area (Å²) in [6.07, 6.45) is 5.37. The third-order valence-corrected chi connectivity index (χ3v) is 14.0. The number of fused-ring (bicyclic) bond motifs is 14. The number of benzene rings is 7. The molecule has 2 bridgehead atoms. The van der Waals surface area contributed by atoms with Gasteiger partial charge in [0.2, 0.25) is 0 Å². The maximum Gasteiger partial charge on any atom is 0.136 e. The Balaban J connectivity index is 1.04. The van der Waals surface area contributed by atoms with Gasteiger partial charge in [-0.1, -0.05) is 123 Å². The van der Waals surface area contributed by atoms with Gasteiger partial charge in [0.05, 0.1) is 5.69 Å². The van der Waals surface area contributed by atoms with E-state index in [0.717, 1.165) is 45.0 Å². The molecule has 8 aromatic rings. The standard InChI is InChI=1S/C52H41NO/c1-51(2)43-13-6-3-10-38(43)39-27-25-37(30-46(39)51)53(36-23-19-33(20-24-36)34-21-26-41-40-11-5-8-17-48(40)54-49(41)29-34)47-16-9-15-45-50(47)42-12-4-7-14-44(42)52(45)31-32-18-22-35(52)28-32/h3-17,19-21,23-27,29-30,32,35H,18,22,28,31H2,1-2H3. The van der Waals surface area contributed by atoms with Crippen LogP contribution in [0.15, 0.2) is 156 Å². The minimum Gasteiger partial charge on any atom is -0.456 e. The van der Waals surface area contributed by atoms with Crippen LogP contribution < -0.4 is 4.90 Å². The number of nitrogens with zero attached hydrogens (tertiary/aromatic N) is 1. The quantitative estimate of drug-likeness (QED) is 0.182. The predicted octanol–water partition coefficient (Wildman–Crippen LogP) is 14.1. The molecule has 1 heterocycles. The van der Waals surface area contributed by atoms with Crippen LogP contribution in [0, 0.1) is 11.8 Å². The van der Waals surface area contributed by atoms with Gasteiger partial charge in [-0.25, -0.2) is 0 Å². The van der Waals surface area contributed by atoms with Crippen molar-refractivity contribution in [2.45, 2.75) is 50.4 Å². The molecule has 1 aromatic heterocycles. The van der Waals surface area contributed by atoms with Gasteiger partial charge in [-0.3, -0.25) is 0 Å². The normalized spacial score (nSPS) is 21.1. The molecule has 3 atom stereocenters. The van der Waals surface area contributed by atoms with Gasteiger partial charge in [0.1, 0.15) is 11.2 Å². The lowest BCUT2D eigenvalue weighted by molar-refractivity contribution is 0.327. The molecule has 2 heteroatoms. The van der Waals surface area contributed by atoms with Crippen LogP contribution in [-0.2, 0) is 10.8 Å². The van der Waals surface area contributed by atoms with Gasteiger partial charge in [0, 0.05) is 38.5 Å². The molecule has 4 aliphatic carbocycles. The number of furan rings is 1. The average molecular weight is 696 g/mol. The molecule has 2 nitrogen and oxygen atoms in total. The summed E-state index contributed by atoms with van der Waals surface area (Å²) in [5.41, 5.74) is 19.3. The van der Waals surface area contributed by atoms with E-state index in [1.807, 2.05) is 6.07 Å². The van der Waals surface area contributed by atoms with Crippen LogP contribution in [-0.4, -0.2) is 0 Å². The lowest BCUT2D eigenvalue weighted by Crippen LogP contribution is -2.31. The number of hydrogen-bond acceptors (Lipinski definition) is 2. The molecule has 0 saturated heterocycles. The van der Waals surface area contributed by atoms with Crippen molar-refractivity contribution in [3.63, 3.8) is 0 Å². The van der Waals surface area contributed by atoms with Gasteiger partial charge in [-0.2, -0.15) is 0 Å². The molecule has 54 heavy (non-hydrogen) atoms. The highest BCUT2D eigenvalue weighted by Gasteiger charge is 2.57. The highest BCUT2D eigenvalue weighted by Crippen LogP contribution is 2.67. The van der Waals surface area contributed by atoms with Crippen molar-refractivity contribution in [2.24, 2.45) is 11.8 Å². The van der Waals surface area contributed by atoms with Crippen molar-refractivity contribution in [3.8, 4) is 33.4 Å². The van der Waals surface area contributed by atoms with Crippen LogP contribution >= 0.6 is 0 Å². The lowest BCUT2D eigenvalue weighted by Gasteiger charge is -2.37. The third-order valence-electron chi connectivity index (χ3n) is 14.0. The predicted molar refractivity (Wildman–Crippen MR) is 223 cm³/mol. The Bertz CT molecular complexity index is 2840. The number of rotatable bonds is 4. The van der Waals surface area contributed by atoms with Crippen molar-refractivity contribution in [2.75, 3.05) is 4.90 Å². The first-order valence-corrected chi connectivity index (χ1v) is 19.8. The first-order valence-electron chi connectivity index (χ1n) is 19.8. The second-order valence-corrected chi connectivity index (χ2v) is 16.9. The second kappa shape index (κ2) is 10.9. The summed E-state index contributed by atoms with van der Waals surface area (Å²) in [6.45, 7) is 4.77. The Morgan fingerprint density at radius 1 is 0.537 bits per heavy atom. The van der Waals surface area contributed by atoms with E-state index in [9.17, 15) is 0 Å². The van der Waals surface area contributed by atoms with Gasteiger partial charge in [0.15, 0.2) is 0 Å². The fraction of sp³-hybridized carbons (Fsp3) is 0.192. The molecule has 2 saturated carbocycles. The van der Waals surface area contributed by atoms with Gasteiger partial charge in [-0.15, -0.1) is 0 Å². The van der Waals surface area contributed by atoms with E-state index >= 15 is 0 Å². The van der Waals surface area contributed by atoms with Gasteiger partial charge >= 0.3 is 0 Å². The molecule has 3 unspecified atom stereocenters. The molecule has 12 rings (SSSR count). The van der Waals surface area contributed by atoms with E-state index in [1.165, 1.54) is 76.0 Å². The smallest absolute Gasteiger partial charge is 0.136 e. The van der Waals surface area contributed by atoms with Gasteiger partial charge in [-0.05, 0) is 130 Å². The Labute approximate surface area is 316 Å². The van der Waals surface area contributed by atoms with Gasteiger partial charge in [0.25, 0.3) is 0 Å². The first-order chi connectivity index (χ1) is 26.5. The van der Waals surface area contributed by atoms with Crippen LogP contribution in [0.2, 0.25) is 0 Å². The number of anilines is 3. The molecule has 0 N–H and O–H groups in total. The van der Waals surface area contributed by atoms with E-state index in [-0.39, 0.29) is 10.8 Å². The fourth-order valence-corrected chi connectivity index (χ4v) is 11.6. The molecule has 0 amide bonds. The highest BCUT2D eigenvalue weighted by molar-refractivity contribution is 6.06. The third kappa shape index (κ3) is 4.01. The molecule has 4 aliphatic rings. The summed E-state index contributed by atoms with van der Waals surface area (Å²) in [7, 11) is 0.